The molecule has 4 nitrogen and oxygen atoms in total. The van der Waals surface area contributed by atoms with Gasteiger partial charge in [-0.3, -0.25) is 10.1 Å². The summed E-state index contributed by atoms with van der Waals surface area (Å²) in [5.74, 6) is 0. The smallest absolute Gasteiger partial charge is 0.269 e. The van der Waals surface area contributed by atoms with E-state index in [2.05, 4.69) is 29.9 Å². The fourth-order valence-electron chi connectivity index (χ4n) is 2.33. The molecule has 0 amide bonds. The van der Waals surface area contributed by atoms with Gasteiger partial charge in [0.1, 0.15) is 0 Å². The minimum absolute atomic E-state index is 0.142. The Balaban J connectivity index is 2.14. The average Bonchev–Trinajstić information content (AvgIpc) is 2.90. The number of non-ortho nitro benzene ring substituents is 1. The van der Waals surface area contributed by atoms with Crippen LogP contribution in [0.1, 0.15) is 36.1 Å². The monoisotopic (exact) mass is 304 g/mol. The van der Waals surface area contributed by atoms with Gasteiger partial charge in [-0.15, -0.1) is 0 Å². The lowest BCUT2D eigenvalue weighted by Gasteiger charge is -2.19. The van der Waals surface area contributed by atoms with E-state index < -0.39 is 0 Å². The molecule has 0 spiro atoms. The van der Waals surface area contributed by atoms with Crippen molar-refractivity contribution in [3.05, 3.63) is 61.8 Å². The zero-order chi connectivity index (χ0) is 15.2. The quantitative estimate of drug-likeness (QED) is 0.614. The van der Waals surface area contributed by atoms with Crippen LogP contribution in [0.3, 0.4) is 0 Å². The van der Waals surface area contributed by atoms with Gasteiger partial charge in [0.15, 0.2) is 0 Å². The predicted molar refractivity (Wildman–Crippen MR) is 86.9 cm³/mol. The van der Waals surface area contributed by atoms with E-state index in [9.17, 15) is 10.1 Å². The van der Waals surface area contributed by atoms with Crippen LogP contribution in [-0.4, -0.2) is 11.5 Å². The molecule has 112 valence electrons. The molecule has 1 heterocycles. The zero-order valence-corrected chi connectivity index (χ0v) is 13.2. The van der Waals surface area contributed by atoms with Crippen molar-refractivity contribution in [3.8, 4) is 0 Å². The van der Waals surface area contributed by atoms with Crippen molar-refractivity contribution in [2.45, 2.75) is 32.7 Å². The molecule has 5 heteroatoms. The highest BCUT2D eigenvalue weighted by atomic mass is 32.1. The molecule has 1 atom stereocenters. The van der Waals surface area contributed by atoms with Gasteiger partial charge in [0.2, 0.25) is 0 Å². The van der Waals surface area contributed by atoms with Crippen LogP contribution in [0.2, 0.25) is 0 Å². The molecule has 0 aliphatic carbocycles. The van der Waals surface area contributed by atoms with Gasteiger partial charge in [-0.1, -0.05) is 19.1 Å². The van der Waals surface area contributed by atoms with Gasteiger partial charge in [-0.2, -0.15) is 11.3 Å². The molecule has 1 aromatic heterocycles. The van der Waals surface area contributed by atoms with Gasteiger partial charge in [0, 0.05) is 18.2 Å². The molecule has 0 fully saturated rings. The Hall–Kier alpha value is -1.72. The molecule has 1 unspecified atom stereocenters. The summed E-state index contributed by atoms with van der Waals surface area (Å²) in [6.45, 7) is 5.24. The first kappa shape index (κ1) is 15.7. The van der Waals surface area contributed by atoms with Crippen molar-refractivity contribution in [3.63, 3.8) is 0 Å². The second-order valence-corrected chi connectivity index (χ2v) is 5.89. The van der Waals surface area contributed by atoms with Crippen LogP contribution in [-0.2, 0) is 6.42 Å². The van der Waals surface area contributed by atoms with Gasteiger partial charge in [0.25, 0.3) is 5.69 Å². The molecule has 21 heavy (non-hydrogen) atoms. The second kappa shape index (κ2) is 7.33. The van der Waals surface area contributed by atoms with Crippen molar-refractivity contribution in [1.29, 1.82) is 0 Å². The van der Waals surface area contributed by atoms with Crippen LogP contribution >= 0.6 is 11.3 Å². The van der Waals surface area contributed by atoms with Gasteiger partial charge >= 0.3 is 0 Å². The third-order valence-corrected chi connectivity index (χ3v) is 4.38. The standard InChI is InChI=1S/C16H20N2O2S/c1-3-8-17-16(15-11-21-10-12(15)2)9-13-4-6-14(7-5-13)18(19)20/h4-7,10-11,16-17H,3,8-9H2,1-2H3. The lowest BCUT2D eigenvalue weighted by Crippen LogP contribution is -2.24. The minimum atomic E-state index is -0.361. The van der Waals surface area contributed by atoms with Crippen molar-refractivity contribution < 1.29 is 4.92 Å². The number of nitrogens with zero attached hydrogens (tertiary/aromatic N) is 1. The number of hydrogen-bond donors (Lipinski definition) is 1. The van der Waals surface area contributed by atoms with Gasteiger partial charge in [0.05, 0.1) is 4.92 Å². The lowest BCUT2D eigenvalue weighted by atomic mass is 9.98. The largest absolute Gasteiger partial charge is 0.310 e. The summed E-state index contributed by atoms with van der Waals surface area (Å²) in [6.07, 6.45) is 1.93. The number of thiophene rings is 1. The fraction of sp³-hybridized carbons (Fsp3) is 0.375. The molecule has 0 bridgehead atoms. The highest BCUT2D eigenvalue weighted by Crippen LogP contribution is 2.25. The number of aryl methyl sites for hydroxylation is 1. The van der Waals surface area contributed by atoms with Crippen molar-refractivity contribution >= 4 is 17.0 Å². The molecule has 0 saturated heterocycles. The summed E-state index contributed by atoms with van der Waals surface area (Å²) in [5, 5.41) is 18.6. The molecule has 0 aliphatic rings. The van der Waals surface area contributed by atoms with Crippen LogP contribution in [0, 0.1) is 17.0 Å². The Labute approximate surface area is 129 Å². The summed E-state index contributed by atoms with van der Waals surface area (Å²) >= 11 is 1.72. The normalized spacial score (nSPS) is 12.3. The Kier molecular flexibility index (Phi) is 5.47. The summed E-state index contributed by atoms with van der Waals surface area (Å²) < 4.78 is 0. The highest BCUT2D eigenvalue weighted by Gasteiger charge is 2.15. The third kappa shape index (κ3) is 4.12. The van der Waals surface area contributed by atoms with E-state index >= 15 is 0 Å². The van der Waals surface area contributed by atoms with Gasteiger partial charge in [-0.05, 0) is 53.8 Å². The summed E-state index contributed by atoms with van der Waals surface area (Å²) in [5.41, 5.74) is 3.88. The van der Waals surface area contributed by atoms with E-state index in [1.807, 2.05) is 12.1 Å². The van der Waals surface area contributed by atoms with Crippen LogP contribution < -0.4 is 5.32 Å². The lowest BCUT2D eigenvalue weighted by molar-refractivity contribution is -0.384. The van der Waals surface area contributed by atoms with Gasteiger partial charge < -0.3 is 5.32 Å². The van der Waals surface area contributed by atoms with E-state index in [0.29, 0.717) is 0 Å². The highest BCUT2D eigenvalue weighted by molar-refractivity contribution is 7.08. The number of nitro benzene ring substituents is 1. The fourth-order valence-corrected chi connectivity index (χ4v) is 3.23. The van der Waals surface area contributed by atoms with Crippen LogP contribution in [0.15, 0.2) is 35.0 Å². The maximum Gasteiger partial charge on any atom is 0.269 e. The SMILES string of the molecule is CCCNC(Cc1ccc([N+](=O)[O-])cc1)c1cscc1C. The third-order valence-electron chi connectivity index (χ3n) is 3.50. The second-order valence-electron chi connectivity index (χ2n) is 5.14. The van der Waals surface area contributed by atoms with Crippen LogP contribution in [0.25, 0.3) is 0 Å². The van der Waals surface area contributed by atoms with Crippen molar-refractivity contribution in [2.24, 2.45) is 0 Å². The molecule has 2 aromatic rings. The van der Waals surface area contributed by atoms with Crippen molar-refractivity contribution in [1.82, 2.24) is 5.32 Å². The molecule has 0 saturated carbocycles. The maximum atomic E-state index is 10.7. The topological polar surface area (TPSA) is 55.2 Å². The van der Waals surface area contributed by atoms with Crippen LogP contribution in [0.4, 0.5) is 5.69 Å². The number of hydrogen-bond acceptors (Lipinski definition) is 4. The molecular formula is C16H20N2O2S. The first-order valence-corrected chi connectivity index (χ1v) is 8.05. The van der Waals surface area contributed by atoms with E-state index in [1.165, 1.54) is 11.1 Å². The maximum absolute atomic E-state index is 10.7. The first-order valence-electron chi connectivity index (χ1n) is 7.11. The number of nitrogens with one attached hydrogen (secondary N) is 1. The number of nitro groups is 1. The molecule has 1 N–H and O–H groups in total. The summed E-state index contributed by atoms with van der Waals surface area (Å²) in [7, 11) is 0. The summed E-state index contributed by atoms with van der Waals surface area (Å²) in [6, 6.07) is 7.11. The van der Waals surface area contributed by atoms with E-state index in [0.717, 1.165) is 24.9 Å². The van der Waals surface area contributed by atoms with Crippen LogP contribution in [0.5, 0.6) is 0 Å². The Morgan fingerprint density at radius 1 is 1.29 bits per heavy atom. The van der Waals surface area contributed by atoms with Crippen molar-refractivity contribution in [2.75, 3.05) is 6.54 Å². The molecule has 0 aliphatic heterocycles. The van der Waals surface area contributed by atoms with Gasteiger partial charge in [-0.25, -0.2) is 0 Å². The molecular weight excluding hydrogens is 284 g/mol. The Morgan fingerprint density at radius 3 is 2.52 bits per heavy atom. The number of benzene rings is 1. The zero-order valence-electron chi connectivity index (χ0n) is 12.3. The van der Waals surface area contributed by atoms with E-state index in [-0.39, 0.29) is 16.7 Å². The number of rotatable bonds is 7. The molecule has 1 aromatic carbocycles. The predicted octanol–water partition coefficient (Wildman–Crippen LogP) is 4.25. The first-order chi connectivity index (χ1) is 10.1. The molecule has 0 radical (unpaired) electrons. The Bertz CT molecular complexity index is 593. The van der Waals surface area contributed by atoms with E-state index in [4.69, 9.17) is 0 Å². The summed E-state index contributed by atoms with van der Waals surface area (Å²) in [4.78, 5) is 10.3. The molecule has 2 rings (SSSR count). The van der Waals surface area contributed by atoms with E-state index in [1.54, 1.807) is 23.5 Å². The minimum Gasteiger partial charge on any atom is -0.310 e. The Morgan fingerprint density at radius 2 is 2.00 bits per heavy atom. The average molecular weight is 304 g/mol.